The first-order chi connectivity index (χ1) is 8.06. The number of nitrogens with zero attached hydrogens (tertiary/aromatic N) is 1. The van der Waals surface area contributed by atoms with Gasteiger partial charge in [-0.15, -0.1) is 0 Å². The Morgan fingerprint density at radius 3 is 2.82 bits per heavy atom. The van der Waals surface area contributed by atoms with Gasteiger partial charge in [-0.25, -0.2) is 4.98 Å². The maximum Gasteiger partial charge on any atom is 0.251 e. The molecule has 0 aliphatic heterocycles. The van der Waals surface area contributed by atoms with Crippen LogP contribution in [0, 0.1) is 13.8 Å². The van der Waals surface area contributed by atoms with E-state index in [-0.39, 0.29) is 5.56 Å². The van der Waals surface area contributed by atoms with E-state index in [1.807, 2.05) is 25.1 Å². The maximum absolute atomic E-state index is 11.3. The lowest BCUT2D eigenvalue weighted by molar-refractivity contribution is 0.905. The van der Waals surface area contributed by atoms with Crippen molar-refractivity contribution in [1.82, 2.24) is 9.97 Å². The van der Waals surface area contributed by atoms with Crippen molar-refractivity contribution >= 4 is 17.4 Å². The summed E-state index contributed by atoms with van der Waals surface area (Å²) in [6, 6.07) is 7.26. The van der Waals surface area contributed by atoms with Gasteiger partial charge in [-0.1, -0.05) is 12.1 Å². The fourth-order valence-electron chi connectivity index (χ4n) is 1.45. The van der Waals surface area contributed by atoms with E-state index in [0.29, 0.717) is 10.9 Å². The van der Waals surface area contributed by atoms with Crippen LogP contribution in [0.4, 0.5) is 5.69 Å². The predicted molar refractivity (Wildman–Crippen MR) is 69.3 cm³/mol. The Morgan fingerprint density at radius 2 is 2.12 bits per heavy atom. The van der Waals surface area contributed by atoms with Gasteiger partial charge in [0.2, 0.25) is 0 Å². The molecular formula is C12H13N3OS. The topological polar surface area (TPSA) is 71.8 Å². The molecule has 0 bridgehead atoms. The molecule has 0 radical (unpaired) electrons. The number of benzene rings is 1. The van der Waals surface area contributed by atoms with Crippen LogP contribution in [0.1, 0.15) is 11.3 Å². The van der Waals surface area contributed by atoms with Gasteiger partial charge in [0.05, 0.1) is 0 Å². The van der Waals surface area contributed by atoms with Crippen molar-refractivity contribution in [2.45, 2.75) is 23.9 Å². The Kier molecular flexibility index (Phi) is 3.19. The highest BCUT2D eigenvalue weighted by atomic mass is 32.2. The molecule has 0 amide bonds. The van der Waals surface area contributed by atoms with Crippen LogP contribution >= 0.6 is 11.8 Å². The number of nitrogens with two attached hydrogens (primary N) is 1. The average molecular weight is 247 g/mol. The van der Waals surface area contributed by atoms with Crippen molar-refractivity contribution in [2.24, 2.45) is 0 Å². The number of aromatic amines is 1. The van der Waals surface area contributed by atoms with E-state index in [0.717, 1.165) is 16.1 Å². The SMILES string of the molecule is Cc1cc(=O)[nH]c(Sc2cccc(C)c2N)n1. The predicted octanol–water partition coefficient (Wildman–Crippen LogP) is 2.12. The normalized spacial score (nSPS) is 10.5. The molecule has 2 rings (SSSR count). The third-order valence-electron chi connectivity index (χ3n) is 2.34. The van der Waals surface area contributed by atoms with Crippen molar-refractivity contribution in [2.75, 3.05) is 5.73 Å². The molecule has 5 heteroatoms. The first kappa shape index (κ1) is 11.7. The average Bonchev–Trinajstić information content (AvgIpc) is 2.23. The van der Waals surface area contributed by atoms with E-state index in [1.54, 1.807) is 6.92 Å². The molecule has 0 spiro atoms. The number of nitrogen functional groups attached to an aromatic ring is 1. The smallest absolute Gasteiger partial charge is 0.251 e. The summed E-state index contributed by atoms with van der Waals surface area (Å²) in [4.78, 5) is 19.2. The van der Waals surface area contributed by atoms with Crippen LogP contribution in [-0.4, -0.2) is 9.97 Å². The summed E-state index contributed by atoms with van der Waals surface area (Å²) in [5.74, 6) is 0. The van der Waals surface area contributed by atoms with Crippen LogP contribution in [0.25, 0.3) is 0 Å². The zero-order chi connectivity index (χ0) is 12.4. The molecule has 0 saturated heterocycles. The Morgan fingerprint density at radius 1 is 1.35 bits per heavy atom. The molecule has 17 heavy (non-hydrogen) atoms. The number of aromatic nitrogens is 2. The van der Waals surface area contributed by atoms with Crippen LogP contribution in [0.2, 0.25) is 0 Å². The molecule has 0 aliphatic carbocycles. The fourth-order valence-corrected chi connectivity index (χ4v) is 2.41. The lowest BCUT2D eigenvalue weighted by Gasteiger charge is -2.07. The van der Waals surface area contributed by atoms with Gasteiger partial charge in [0, 0.05) is 22.3 Å². The largest absolute Gasteiger partial charge is 0.398 e. The van der Waals surface area contributed by atoms with Gasteiger partial charge in [-0.3, -0.25) is 4.79 Å². The van der Waals surface area contributed by atoms with Gasteiger partial charge < -0.3 is 10.7 Å². The van der Waals surface area contributed by atoms with E-state index in [9.17, 15) is 4.79 Å². The van der Waals surface area contributed by atoms with Crippen molar-refractivity contribution in [3.8, 4) is 0 Å². The van der Waals surface area contributed by atoms with E-state index >= 15 is 0 Å². The molecule has 0 fully saturated rings. The Hall–Kier alpha value is -1.75. The minimum absolute atomic E-state index is 0.147. The number of para-hydroxylation sites is 1. The summed E-state index contributed by atoms with van der Waals surface area (Å²) >= 11 is 1.37. The van der Waals surface area contributed by atoms with Gasteiger partial charge in [0.1, 0.15) is 0 Å². The first-order valence-corrected chi connectivity index (χ1v) is 5.99. The summed E-state index contributed by atoms with van der Waals surface area (Å²) in [5.41, 5.74) is 8.26. The van der Waals surface area contributed by atoms with Gasteiger partial charge >= 0.3 is 0 Å². The highest BCUT2D eigenvalue weighted by molar-refractivity contribution is 7.99. The maximum atomic E-state index is 11.3. The quantitative estimate of drug-likeness (QED) is 0.630. The van der Waals surface area contributed by atoms with E-state index in [1.165, 1.54) is 17.8 Å². The summed E-state index contributed by atoms with van der Waals surface area (Å²) in [6.07, 6.45) is 0. The number of rotatable bonds is 2. The van der Waals surface area contributed by atoms with E-state index in [2.05, 4.69) is 9.97 Å². The fraction of sp³-hybridized carbons (Fsp3) is 0.167. The first-order valence-electron chi connectivity index (χ1n) is 5.17. The van der Waals surface area contributed by atoms with Crippen molar-refractivity contribution < 1.29 is 0 Å². The van der Waals surface area contributed by atoms with Crippen LogP contribution < -0.4 is 11.3 Å². The lowest BCUT2D eigenvalue weighted by atomic mass is 10.2. The molecular weight excluding hydrogens is 234 g/mol. The number of hydrogen-bond donors (Lipinski definition) is 2. The summed E-state index contributed by atoms with van der Waals surface area (Å²) < 4.78 is 0. The molecule has 1 heterocycles. The second-order valence-corrected chi connectivity index (χ2v) is 4.81. The van der Waals surface area contributed by atoms with E-state index < -0.39 is 0 Å². The molecule has 1 aromatic heterocycles. The Balaban J connectivity index is 2.38. The standard InChI is InChI=1S/C12H13N3OS/c1-7-4-3-5-9(11(7)13)17-12-14-8(2)6-10(16)15-12/h3-6H,13H2,1-2H3,(H,14,15,16). The molecule has 0 aliphatic rings. The van der Waals surface area contributed by atoms with Gasteiger partial charge in [0.25, 0.3) is 5.56 Å². The minimum atomic E-state index is -0.147. The second kappa shape index (κ2) is 4.63. The zero-order valence-electron chi connectivity index (χ0n) is 9.65. The number of H-pyrrole nitrogens is 1. The van der Waals surface area contributed by atoms with E-state index in [4.69, 9.17) is 5.73 Å². The third-order valence-corrected chi connectivity index (χ3v) is 3.30. The molecule has 0 atom stereocenters. The molecule has 2 aromatic rings. The third kappa shape index (κ3) is 2.68. The zero-order valence-corrected chi connectivity index (χ0v) is 10.5. The highest BCUT2D eigenvalue weighted by Gasteiger charge is 2.06. The van der Waals surface area contributed by atoms with Crippen LogP contribution in [0.5, 0.6) is 0 Å². The van der Waals surface area contributed by atoms with Gasteiger partial charge in [-0.05, 0) is 37.2 Å². The van der Waals surface area contributed by atoms with Crippen molar-refractivity contribution in [3.63, 3.8) is 0 Å². The molecule has 1 aromatic carbocycles. The summed E-state index contributed by atoms with van der Waals surface area (Å²) in [7, 11) is 0. The highest BCUT2D eigenvalue weighted by Crippen LogP contribution is 2.30. The summed E-state index contributed by atoms with van der Waals surface area (Å²) in [6.45, 7) is 3.74. The molecule has 0 saturated carbocycles. The second-order valence-electron chi connectivity index (χ2n) is 3.78. The van der Waals surface area contributed by atoms with Crippen molar-refractivity contribution in [1.29, 1.82) is 0 Å². The number of anilines is 1. The number of aryl methyl sites for hydroxylation is 2. The Bertz CT molecular complexity index is 607. The molecule has 4 nitrogen and oxygen atoms in total. The number of hydrogen-bond acceptors (Lipinski definition) is 4. The molecule has 88 valence electrons. The van der Waals surface area contributed by atoms with Crippen molar-refractivity contribution in [3.05, 3.63) is 45.9 Å². The lowest BCUT2D eigenvalue weighted by Crippen LogP contribution is -2.08. The Labute approximate surface area is 103 Å². The van der Waals surface area contributed by atoms with Crippen LogP contribution in [0.15, 0.2) is 39.1 Å². The van der Waals surface area contributed by atoms with Crippen LogP contribution in [0.3, 0.4) is 0 Å². The molecule has 0 unspecified atom stereocenters. The monoisotopic (exact) mass is 247 g/mol. The van der Waals surface area contributed by atoms with Crippen LogP contribution in [-0.2, 0) is 0 Å². The summed E-state index contributed by atoms with van der Waals surface area (Å²) in [5, 5.41) is 0.562. The van der Waals surface area contributed by atoms with Gasteiger partial charge in [0.15, 0.2) is 5.16 Å². The minimum Gasteiger partial charge on any atom is -0.398 e. The molecule has 3 N–H and O–H groups in total. The van der Waals surface area contributed by atoms with Gasteiger partial charge in [-0.2, -0.15) is 0 Å². The number of nitrogens with one attached hydrogen (secondary N) is 1.